The molecule has 2 aromatic carbocycles. The first-order valence-corrected chi connectivity index (χ1v) is 11.4. The fourth-order valence-corrected chi connectivity index (χ4v) is 3.73. The average Bonchev–Trinajstić information content (AvgIpc) is 2.70. The Morgan fingerprint density at radius 3 is 2.38 bits per heavy atom. The highest BCUT2D eigenvalue weighted by atomic mass is 32.2. The standard InChI is InChI=1S/C22H30N2O4S/c1-5-7-8-9-18-12-13-19(22(28-6-2)21(18)27-4)16-23-24-29(25,26)20-14-10-17(3)11-15-20/h10-16,24H,5-9H2,1-4H3. The molecule has 0 saturated carbocycles. The van der Waals surface area contributed by atoms with E-state index in [4.69, 9.17) is 9.47 Å². The number of hydrogen-bond acceptors (Lipinski definition) is 5. The summed E-state index contributed by atoms with van der Waals surface area (Å²) in [5, 5.41) is 3.94. The van der Waals surface area contributed by atoms with Crippen molar-refractivity contribution in [3.63, 3.8) is 0 Å². The third-order valence-corrected chi connectivity index (χ3v) is 5.71. The van der Waals surface area contributed by atoms with E-state index >= 15 is 0 Å². The van der Waals surface area contributed by atoms with Crippen LogP contribution in [0.2, 0.25) is 0 Å². The van der Waals surface area contributed by atoms with Crippen LogP contribution in [-0.4, -0.2) is 28.3 Å². The van der Waals surface area contributed by atoms with E-state index in [-0.39, 0.29) is 4.90 Å². The molecule has 2 rings (SSSR count). The largest absolute Gasteiger partial charge is 0.493 e. The molecule has 0 aromatic heterocycles. The molecular formula is C22H30N2O4S. The number of nitrogens with one attached hydrogen (secondary N) is 1. The first-order chi connectivity index (χ1) is 13.9. The molecule has 0 spiro atoms. The highest BCUT2D eigenvalue weighted by molar-refractivity contribution is 7.89. The van der Waals surface area contributed by atoms with Crippen molar-refractivity contribution in [1.29, 1.82) is 0 Å². The Bertz CT molecular complexity index is 923. The second-order valence-corrected chi connectivity index (χ2v) is 8.39. The van der Waals surface area contributed by atoms with Crippen LogP contribution in [0.25, 0.3) is 0 Å². The Hall–Kier alpha value is -2.54. The van der Waals surface area contributed by atoms with Crippen molar-refractivity contribution in [3.05, 3.63) is 53.1 Å². The van der Waals surface area contributed by atoms with Crippen LogP contribution in [0.5, 0.6) is 11.5 Å². The van der Waals surface area contributed by atoms with Crippen molar-refractivity contribution in [1.82, 2.24) is 4.83 Å². The minimum Gasteiger partial charge on any atom is -0.493 e. The number of unbranched alkanes of at least 4 members (excludes halogenated alkanes) is 2. The van der Waals surface area contributed by atoms with Gasteiger partial charge in [-0.05, 0) is 50.5 Å². The lowest BCUT2D eigenvalue weighted by Gasteiger charge is -2.16. The molecule has 0 fully saturated rings. The monoisotopic (exact) mass is 418 g/mol. The summed E-state index contributed by atoms with van der Waals surface area (Å²) in [6.45, 7) is 6.42. The normalized spacial score (nSPS) is 11.6. The maximum atomic E-state index is 12.4. The fourth-order valence-electron chi connectivity index (χ4n) is 2.94. The van der Waals surface area contributed by atoms with E-state index in [0.717, 1.165) is 36.8 Å². The van der Waals surface area contributed by atoms with Crippen LogP contribution in [-0.2, 0) is 16.4 Å². The van der Waals surface area contributed by atoms with Crippen LogP contribution in [0.3, 0.4) is 0 Å². The summed E-state index contributed by atoms with van der Waals surface area (Å²) < 4.78 is 36.2. The predicted molar refractivity (Wildman–Crippen MR) is 116 cm³/mol. The van der Waals surface area contributed by atoms with Crippen LogP contribution in [0.4, 0.5) is 0 Å². The van der Waals surface area contributed by atoms with Gasteiger partial charge >= 0.3 is 0 Å². The van der Waals surface area contributed by atoms with E-state index < -0.39 is 10.0 Å². The second-order valence-electron chi connectivity index (χ2n) is 6.73. The van der Waals surface area contributed by atoms with Crippen LogP contribution >= 0.6 is 0 Å². The number of rotatable bonds is 11. The van der Waals surface area contributed by atoms with Crippen LogP contribution in [0, 0.1) is 6.92 Å². The number of nitrogens with zero attached hydrogens (tertiary/aromatic N) is 1. The van der Waals surface area contributed by atoms with E-state index in [1.54, 1.807) is 31.4 Å². The predicted octanol–water partition coefficient (Wildman–Crippen LogP) is 4.45. The fraction of sp³-hybridized carbons (Fsp3) is 0.409. The molecule has 0 aliphatic heterocycles. The number of sulfonamides is 1. The van der Waals surface area contributed by atoms with Gasteiger partial charge in [-0.2, -0.15) is 13.5 Å². The molecule has 158 valence electrons. The third-order valence-electron chi connectivity index (χ3n) is 4.47. The molecule has 29 heavy (non-hydrogen) atoms. The highest BCUT2D eigenvalue weighted by Gasteiger charge is 2.16. The summed E-state index contributed by atoms with van der Waals surface area (Å²) >= 11 is 0. The molecular weight excluding hydrogens is 388 g/mol. The van der Waals surface area contributed by atoms with Gasteiger partial charge in [-0.25, -0.2) is 4.83 Å². The van der Waals surface area contributed by atoms with Gasteiger partial charge in [0.1, 0.15) is 0 Å². The lowest BCUT2D eigenvalue weighted by molar-refractivity contribution is 0.308. The van der Waals surface area contributed by atoms with E-state index in [1.807, 2.05) is 26.0 Å². The minimum atomic E-state index is -3.73. The van der Waals surface area contributed by atoms with Gasteiger partial charge < -0.3 is 9.47 Å². The maximum Gasteiger partial charge on any atom is 0.276 e. The molecule has 1 N–H and O–H groups in total. The van der Waals surface area contributed by atoms with Gasteiger partial charge in [-0.15, -0.1) is 0 Å². The van der Waals surface area contributed by atoms with Crippen molar-refractivity contribution >= 4 is 16.2 Å². The third kappa shape index (κ3) is 6.22. The number of benzene rings is 2. The van der Waals surface area contributed by atoms with Crippen molar-refractivity contribution in [2.75, 3.05) is 13.7 Å². The minimum absolute atomic E-state index is 0.161. The summed E-state index contributed by atoms with van der Waals surface area (Å²) in [6.07, 6.45) is 5.70. The van der Waals surface area contributed by atoms with Gasteiger partial charge in [-0.1, -0.05) is 43.5 Å². The molecule has 0 heterocycles. The first kappa shape index (κ1) is 22.7. The first-order valence-electron chi connectivity index (χ1n) is 9.87. The number of ether oxygens (including phenoxy) is 2. The lowest BCUT2D eigenvalue weighted by Crippen LogP contribution is -2.18. The van der Waals surface area contributed by atoms with Gasteiger partial charge in [0, 0.05) is 5.56 Å². The van der Waals surface area contributed by atoms with Crippen LogP contribution in [0.15, 0.2) is 46.4 Å². The molecule has 6 nitrogen and oxygen atoms in total. The van der Waals surface area contributed by atoms with E-state index in [2.05, 4.69) is 16.9 Å². The van der Waals surface area contributed by atoms with Gasteiger partial charge in [-0.3, -0.25) is 0 Å². The molecule has 0 amide bonds. The summed E-state index contributed by atoms with van der Waals surface area (Å²) in [5.74, 6) is 1.25. The quantitative estimate of drug-likeness (QED) is 0.332. The van der Waals surface area contributed by atoms with Crippen molar-refractivity contribution in [2.24, 2.45) is 5.10 Å². The molecule has 0 radical (unpaired) electrons. The zero-order chi connectivity index (χ0) is 21.3. The van der Waals surface area contributed by atoms with Crippen LogP contribution in [0.1, 0.15) is 49.8 Å². The van der Waals surface area contributed by atoms with Gasteiger partial charge in [0.15, 0.2) is 11.5 Å². The van der Waals surface area contributed by atoms with E-state index in [9.17, 15) is 8.42 Å². The summed E-state index contributed by atoms with van der Waals surface area (Å²) in [6, 6.07) is 10.4. The Labute approximate surface area is 174 Å². The van der Waals surface area contributed by atoms with Gasteiger partial charge in [0.2, 0.25) is 0 Å². The highest BCUT2D eigenvalue weighted by Crippen LogP contribution is 2.35. The zero-order valence-electron chi connectivity index (χ0n) is 17.6. The second kappa shape index (κ2) is 10.9. The molecule has 0 atom stereocenters. The molecule has 0 bridgehead atoms. The summed E-state index contributed by atoms with van der Waals surface area (Å²) in [4.78, 5) is 2.41. The van der Waals surface area contributed by atoms with Crippen LogP contribution < -0.4 is 14.3 Å². The molecule has 0 aliphatic carbocycles. The SMILES string of the molecule is CCCCCc1ccc(C=NNS(=O)(=O)c2ccc(C)cc2)c(OCC)c1OC. The molecule has 2 aromatic rings. The Morgan fingerprint density at radius 1 is 1.03 bits per heavy atom. The van der Waals surface area contributed by atoms with Crippen molar-refractivity contribution < 1.29 is 17.9 Å². The number of hydrazone groups is 1. The van der Waals surface area contributed by atoms with E-state index in [1.165, 1.54) is 6.21 Å². The molecule has 0 aliphatic rings. The van der Waals surface area contributed by atoms with E-state index in [0.29, 0.717) is 23.7 Å². The number of aryl methyl sites for hydroxylation is 2. The lowest BCUT2D eigenvalue weighted by atomic mass is 10.0. The Kier molecular flexibility index (Phi) is 8.51. The van der Waals surface area contributed by atoms with Gasteiger partial charge in [0.25, 0.3) is 10.0 Å². The topological polar surface area (TPSA) is 77.0 Å². The summed E-state index contributed by atoms with van der Waals surface area (Å²) in [5.41, 5.74) is 2.70. The summed E-state index contributed by atoms with van der Waals surface area (Å²) in [7, 11) is -2.12. The Morgan fingerprint density at radius 2 is 1.76 bits per heavy atom. The maximum absolute atomic E-state index is 12.4. The molecule has 0 unspecified atom stereocenters. The van der Waals surface area contributed by atoms with Crippen molar-refractivity contribution in [2.45, 2.75) is 51.3 Å². The zero-order valence-corrected chi connectivity index (χ0v) is 18.4. The number of methoxy groups -OCH3 is 1. The van der Waals surface area contributed by atoms with Crippen molar-refractivity contribution in [3.8, 4) is 11.5 Å². The van der Waals surface area contributed by atoms with Gasteiger partial charge in [0.05, 0.1) is 24.8 Å². The average molecular weight is 419 g/mol. The Balaban J connectivity index is 2.25. The smallest absolute Gasteiger partial charge is 0.276 e. The molecule has 0 saturated heterocycles. The number of hydrogen-bond donors (Lipinski definition) is 1. The molecule has 7 heteroatoms.